The topological polar surface area (TPSA) is 54.5 Å². The van der Waals surface area contributed by atoms with E-state index in [1.807, 2.05) is 0 Å². The van der Waals surface area contributed by atoms with Crippen molar-refractivity contribution in [3.05, 3.63) is 65.2 Å². The van der Waals surface area contributed by atoms with E-state index in [0.717, 1.165) is 36.4 Å². The summed E-state index contributed by atoms with van der Waals surface area (Å²) in [6.45, 7) is 1.60. The Morgan fingerprint density at radius 3 is 2.08 bits per heavy atom. The first-order valence-corrected chi connectivity index (χ1v) is 8.94. The maximum Gasteiger partial charge on any atom is 0.341 e. The first-order chi connectivity index (χ1) is 12.1. The number of carbonyl (C=O) groups excluding carboxylic acids is 1. The van der Waals surface area contributed by atoms with Gasteiger partial charge >= 0.3 is 5.76 Å². The average Bonchev–Trinajstić information content (AvgIpc) is 2.62. The third-order valence-electron chi connectivity index (χ3n) is 3.99. The van der Waals surface area contributed by atoms with Crippen LogP contribution in [-0.4, -0.2) is 32.0 Å². The summed E-state index contributed by atoms with van der Waals surface area (Å²) < 4.78 is 74.2. The van der Waals surface area contributed by atoms with E-state index in [1.165, 1.54) is 18.0 Å². The third kappa shape index (κ3) is 3.87. The summed E-state index contributed by atoms with van der Waals surface area (Å²) in [5.74, 6) is -6.15. The average molecular weight is 389 g/mol. The van der Waals surface area contributed by atoms with Crippen LogP contribution in [0.25, 0.3) is 0 Å². The molecule has 26 heavy (non-hydrogen) atoms. The summed E-state index contributed by atoms with van der Waals surface area (Å²) in [7, 11) is -3.31. The molecule has 0 aliphatic rings. The van der Waals surface area contributed by atoms with Gasteiger partial charge in [0.05, 0.1) is 10.9 Å². The number of amides is 1. The fourth-order valence-corrected chi connectivity index (χ4v) is 2.99. The van der Waals surface area contributed by atoms with Gasteiger partial charge in [-0.15, -0.1) is 0 Å². The van der Waals surface area contributed by atoms with Crippen molar-refractivity contribution < 1.29 is 30.8 Å². The predicted octanol–water partition coefficient (Wildman–Crippen LogP) is 3.79. The van der Waals surface area contributed by atoms with Crippen molar-refractivity contribution in [2.75, 3.05) is 7.05 Å². The smallest absolute Gasteiger partial charge is 0.335 e. The maximum absolute atomic E-state index is 13.4. The fraction of sp³-hybridized carbons (Fsp3) is 0.235. The number of nitrogens with zero attached hydrogens (tertiary/aromatic N) is 1. The molecule has 0 saturated heterocycles. The van der Waals surface area contributed by atoms with Crippen molar-refractivity contribution in [1.82, 2.24) is 4.90 Å². The van der Waals surface area contributed by atoms with E-state index in [1.54, 1.807) is 6.92 Å². The number of carbonyl (C=O) groups is 1. The Kier molecular flexibility index (Phi) is 5.70. The van der Waals surface area contributed by atoms with Crippen LogP contribution in [0.2, 0.25) is 0 Å². The largest absolute Gasteiger partial charge is 0.341 e. The summed E-state index contributed by atoms with van der Waals surface area (Å²) in [5.41, 5.74) is 0.423. The van der Waals surface area contributed by atoms with Crippen LogP contribution in [0.15, 0.2) is 47.4 Å². The number of rotatable bonds is 5. The number of hydrogen-bond donors (Lipinski definition) is 0. The number of benzene rings is 2. The normalized spacial score (nSPS) is 12.9. The van der Waals surface area contributed by atoms with Gasteiger partial charge < -0.3 is 4.90 Å². The van der Waals surface area contributed by atoms with Gasteiger partial charge in [-0.05, 0) is 48.9 Å². The van der Waals surface area contributed by atoms with E-state index in [-0.39, 0.29) is 5.56 Å². The fourth-order valence-electron chi connectivity index (χ4n) is 2.27. The van der Waals surface area contributed by atoms with E-state index < -0.39 is 44.1 Å². The van der Waals surface area contributed by atoms with Crippen molar-refractivity contribution in [3.63, 3.8) is 0 Å². The Morgan fingerprint density at radius 2 is 1.58 bits per heavy atom. The second-order valence-corrected chi connectivity index (χ2v) is 7.51. The van der Waals surface area contributed by atoms with Crippen LogP contribution in [-0.2, 0) is 9.84 Å². The zero-order valence-corrected chi connectivity index (χ0v) is 14.6. The first-order valence-electron chi connectivity index (χ1n) is 7.40. The van der Waals surface area contributed by atoms with Crippen LogP contribution in [0.1, 0.15) is 28.9 Å². The van der Waals surface area contributed by atoms with E-state index in [0.29, 0.717) is 5.56 Å². The molecule has 0 saturated carbocycles. The van der Waals surface area contributed by atoms with Gasteiger partial charge in [0.25, 0.3) is 5.91 Å². The molecule has 0 N–H and O–H groups in total. The predicted molar refractivity (Wildman–Crippen MR) is 86.5 cm³/mol. The summed E-state index contributed by atoms with van der Waals surface area (Å²) in [4.78, 5) is 13.1. The molecule has 0 aliphatic heterocycles. The zero-order valence-electron chi connectivity index (χ0n) is 13.8. The molecule has 0 spiro atoms. The van der Waals surface area contributed by atoms with Crippen molar-refractivity contribution >= 4 is 15.7 Å². The first kappa shape index (κ1) is 19.9. The van der Waals surface area contributed by atoms with Gasteiger partial charge in [0.2, 0.25) is 9.84 Å². The highest BCUT2D eigenvalue weighted by molar-refractivity contribution is 7.91. The molecule has 9 heteroatoms. The summed E-state index contributed by atoms with van der Waals surface area (Å²) in [6.07, 6.45) is 0. The number of alkyl halides is 2. The standard InChI is InChI=1S/C17H15F4NO3S/c1-10(12-5-8-14(18)15(19)9-12)22(2)16(23)11-3-6-13(7-4-11)26(24,25)17(20)21/h3-10,17H,1-2H3. The second kappa shape index (κ2) is 7.45. The van der Waals surface area contributed by atoms with Crippen molar-refractivity contribution in [1.29, 1.82) is 0 Å². The van der Waals surface area contributed by atoms with Gasteiger partial charge in [0.1, 0.15) is 0 Å². The third-order valence-corrected chi connectivity index (χ3v) is 5.39. The van der Waals surface area contributed by atoms with E-state index >= 15 is 0 Å². The molecule has 1 unspecified atom stereocenters. The molecular weight excluding hydrogens is 374 g/mol. The molecule has 4 nitrogen and oxygen atoms in total. The number of halogens is 4. The maximum atomic E-state index is 13.4. The van der Waals surface area contributed by atoms with Gasteiger partial charge in [0.15, 0.2) is 11.6 Å². The van der Waals surface area contributed by atoms with E-state index in [9.17, 15) is 30.8 Å². The monoisotopic (exact) mass is 389 g/mol. The summed E-state index contributed by atoms with van der Waals surface area (Å²) in [5, 5.41) is 0. The number of sulfone groups is 1. The summed E-state index contributed by atoms with van der Waals surface area (Å²) >= 11 is 0. The molecule has 0 bridgehead atoms. The van der Waals surface area contributed by atoms with Crippen LogP contribution >= 0.6 is 0 Å². The SMILES string of the molecule is CC(c1ccc(F)c(F)c1)N(C)C(=O)c1ccc(S(=O)(=O)C(F)F)cc1. The van der Waals surface area contributed by atoms with Gasteiger partial charge in [-0.1, -0.05) is 6.07 Å². The molecule has 140 valence electrons. The quantitative estimate of drug-likeness (QED) is 0.731. The lowest BCUT2D eigenvalue weighted by molar-refractivity contribution is 0.0742. The number of hydrogen-bond acceptors (Lipinski definition) is 3. The molecule has 0 aliphatic carbocycles. The zero-order chi connectivity index (χ0) is 19.6. The Balaban J connectivity index is 2.23. The van der Waals surface area contributed by atoms with Crippen LogP contribution < -0.4 is 0 Å². The molecule has 0 heterocycles. The molecule has 0 radical (unpaired) electrons. The second-order valence-electron chi connectivity index (χ2n) is 5.60. The van der Waals surface area contributed by atoms with Crippen molar-refractivity contribution in [3.8, 4) is 0 Å². The van der Waals surface area contributed by atoms with Gasteiger partial charge in [-0.2, -0.15) is 8.78 Å². The lowest BCUT2D eigenvalue weighted by atomic mass is 10.1. The Hall–Kier alpha value is -2.42. The van der Waals surface area contributed by atoms with Crippen LogP contribution in [0.4, 0.5) is 17.6 Å². The highest BCUT2D eigenvalue weighted by Crippen LogP contribution is 2.24. The molecule has 0 aromatic heterocycles. The highest BCUT2D eigenvalue weighted by Gasteiger charge is 2.27. The van der Waals surface area contributed by atoms with Crippen LogP contribution in [0.3, 0.4) is 0 Å². The lowest BCUT2D eigenvalue weighted by Crippen LogP contribution is -2.29. The minimum Gasteiger partial charge on any atom is -0.335 e. The Bertz CT molecular complexity index is 914. The molecule has 2 rings (SSSR count). The highest BCUT2D eigenvalue weighted by atomic mass is 32.2. The van der Waals surface area contributed by atoms with Crippen molar-refractivity contribution in [2.45, 2.75) is 23.6 Å². The van der Waals surface area contributed by atoms with Crippen molar-refractivity contribution in [2.24, 2.45) is 0 Å². The molecule has 2 aromatic carbocycles. The lowest BCUT2D eigenvalue weighted by Gasteiger charge is -2.25. The Labute approximate surface area is 148 Å². The van der Waals surface area contributed by atoms with Gasteiger partial charge in [-0.3, -0.25) is 4.79 Å². The molecule has 2 aromatic rings. The van der Waals surface area contributed by atoms with Gasteiger partial charge in [-0.25, -0.2) is 17.2 Å². The van der Waals surface area contributed by atoms with Crippen LogP contribution in [0, 0.1) is 11.6 Å². The molecular formula is C17H15F4NO3S. The minimum atomic E-state index is -4.74. The van der Waals surface area contributed by atoms with Gasteiger partial charge in [0, 0.05) is 12.6 Å². The van der Waals surface area contributed by atoms with E-state index in [4.69, 9.17) is 0 Å². The van der Waals surface area contributed by atoms with Crippen LogP contribution in [0.5, 0.6) is 0 Å². The molecule has 1 atom stereocenters. The summed E-state index contributed by atoms with van der Waals surface area (Å²) in [6, 6.07) is 6.73. The molecule has 1 amide bonds. The van der Waals surface area contributed by atoms with E-state index in [2.05, 4.69) is 0 Å². The minimum absolute atomic E-state index is 0.0650. The Morgan fingerprint density at radius 1 is 1.00 bits per heavy atom. The molecule has 0 fully saturated rings.